The first-order chi connectivity index (χ1) is 8.65. The highest BCUT2D eigenvalue weighted by Gasteiger charge is 2.10. The summed E-state index contributed by atoms with van der Waals surface area (Å²) in [6.07, 6.45) is 3.03. The number of furan rings is 1. The molecule has 2 rings (SSSR count). The maximum atomic E-state index is 9.97. The fourth-order valence-corrected chi connectivity index (χ4v) is 2.21. The van der Waals surface area contributed by atoms with Crippen LogP contribution in [0, 0.1) is 0 Å². The molecule has 0 saturated carbocycles. The molecule has 1 aromatic heterocycles. The molecule has 1 unspecified atom stereocenters. The van der Waals surface area contributed by atoms with Gasteiger partial charge in [-0.1, -0.05) is 23.2 Å². The molecule has 96 valence electrons. The first kappa shape index (κ1) is 13.5. The monoisotopic (exact) mass is 284 g/mol. The van der Waals surface area contributed by atoms with Crippen LogP contribution in [0.3, 0.4) is 0 Å². The minimum Gasteiger partial charge on any atom is -0.469 e. The first-order valence-electron chi connectivity index (χ1n) is 5.79. The van der Waals surface area contributed by atoms with Crippen LogP contribution >= 0.6 is 23.2 Å². The van der Waals surface area contributed by atoms with Gasteiger partial charge in [0, 0.05) is 16.5 Å². The topological polar surface area (TPSA) is 33.4 Å². The highest BCUT2D eigenvalue weighted by molar-refractivity contribution is 6.33. The third-order valence-corrected chi connectivity index (χ3v) is 3.37. The van der Waals surface area contributed by atoms with Gasteiger partial charge in [-0.05, 0) is 48.7 Å². The number of aryl methyl sites for hydroxylation is 1. The smallest absolute Gasteiger partial charge is 0.103 e. The Morgan fingerprint density at radius 3 is 2.78 bits per heavy atom. The second kappa shape index (κ2) is 6.28. The Kier molecular flexibility index (Phi) is 4.70. The van der Waals surface area contributed by atoms with Gasteiger partial charge in [-0.2, -0.15) is 0 Å². The van der Waals surface area contributed by atoms with Crippen molar-refractivity contribution >= 4 is 23.2 Å². The number of halogens is 2. The average Bonchev–Trinajstić information content (AvgIpc) is 2.84. The molecule has 18 heavy (non-hydrogen) atoms. The summed E-state index contributed by atoms with van der Waals surface area (Å²) in [5, 5.41) is 11.2. The number of aliphatic hydroxyl groups is 1. The van der Waals surface area contributed by atoms with Crippen LogP contribution in [0.1, 0.15) is 17.7 Å². The largest absolute Gasteiger partial charge is 0.469 e. The van der Waals surface area contributed by atoms with E-state index in [1.54, 1.807) is 24.5 Å². The van der Waals surface area contributed by atoms with Crippen molar-refractivity contribution in [1.29, 1.82) is 0 Å². The summed E-state index contributed by atoms with van der Waals surface area (Å²) in [6.45, 7) is 0. The lowest BCUT2D eigenvalue weighted by molar-refractivity contribution is 0.163. The Morgan fingerprint density at radius 1 is 1.22 bits per heavy atom. The Morgan fingerprint density at radius 2 is 2.06 bits per heavy atom. The first-order valence-corrected chi connectivity index (χ1v) is 6.55. The average molecular weight is 285 g/mol. The summed E-state index contributed by atoms with van der Waals surface area (Å²) in [5.41, 5.74) is 0.871. The number of hydrogen-bond donors (Lipinski definition) is 1. The molecule has 2 nitrogen and oxygen atoms in total. The van der Waals surface area contributed by atoms with E-state index in [1.165, 1.54) is 0 Å². The van der Waals surface area contributed by atoms with Gasteiger partial charge in [-0.15, -0.1) is 0 Å². The normalized spacial score (nSPS) is 12.6. The third-order valence-electron chi connectivity index (χ3n) is 2.77. The summed E-state index contributed by atoms with van der Waals surface area (Å²) in [7, 11) is 0. The highest BCUT2D eigenvalue weighted by atomic mass is 35.5. The van der Waals surface area contributed by atoms with Crippen molar-refractivity contribution in [2.45, 2.75) is 25.4 Å². The summed E-state index contributed by atoms with van der Waals surface area (Å²) in [5.74, 6) is 0.881. The van der Waals surface area contributed by atoms with Crippen molar-refractivity contribution < 1.29 is 9.52 Å². The van der Waals surface area contributed by atoms with Gasteiger partial charge in [-0.25, -0.2) is 0 Å². The molecule has 4 heteroatoms. The fourth-order valence-electron chi connectivity index (χ4n) is 1.82. The van der Waals surface area contributed by atoms with Gasteiger partial charge in [0.25, 0.3) is 0 Å². The van der Waals surface area contributed by atoms with E-state index in [1.807, 2.05) is 12.1 Å². The third kappa shape index (κ3) is 3.77. The lowest BCUT2D eigenvalue weighted by Crippen LogP contribution is -2.11. The highest BCUT2D eigenvalue weighted by Crippen LogP contribution is 2.22. The Bertz CT molecular complexity index is 495. The second-order valence-electron chi connectivity index (χ2n) is 4.21. The van der Waals surface area contributed by atoms with E-state index in [-0.39, 0.29) is 0 Å². The minimum atomic E-state index is -0.453. The van der Waals surface area contributed by atoms with Gasteiger partial charge in [-0.3, -0.25) is 0 Å². The van der Waals surface area contributed by atoms with E-state index in [2.05, 4.69) is 0 Å². The molecule has 1 atom stereocenters. The van der Waals surface area contributed by atoms with Crippen molar-refractivity contribution in [2.75, 3.05) is 0 Å². The van der Waals surface area contributed by atoms with Gasteiger partial charge in [0.15, 0.2) is 0 Å². The van der Waals surface area contributed by atoms with Gasteiger partial charge >= 0.3 is 0 Å². The van der Waals surface area contributed by atoms with Gasteiger partial charge in [0.05, 0.1) is 12.4 Å². The van der Waals surface area contributed by atoms with Gasteiger partial charge < -0.3 is 9.52 Å². The molecule has 2 aromatic rings. The molecule has 0 bridgehead atoms. The maximum Gasteiger partial charge on any atom is 0.103 e. The van der Waals surface area contributed by atoms with Gasteiger partial charge in [0.1, 0.15) is 5.76 Å². The molecular weight excluding hydrogens is 271 g/mol. The standard InChI is InChI=1S/C14H14Cl2O2/c15-11-3-6-14(16)10(8-11)9-12(17)4-5-13-2-1-7-18-13/h1-3,6-8,12,17H,4-5,9H2. The predicted molar refractivity (Wildman–Crippen MR) is 73.2 cm³/mol. The lowest BCUT2D eigenvalue weighted by Gasteiger charge is -2.11. The van der Waals surface area contributed by atoms with Crippen molar-refractivity contribution in [3.63, 3.8) is 0 Å². The van der Waals surface area contributed by atoms with Crippen molar-refractivity contribution in [3.05, 3.63) is 58.0 Å². The Balaban J connectivity index is 1.90. The van der Waals surface area contributed by atoms with E-state index in [4.69, 9.17) is 27.6 Å². The number of benzene rings is 1. The fraction of sp³-hybridized carbons (Fsp3) is 0.286. The van der Waals surface area contributed by atoms with Crippen LogP contribution in [0.15, 0.2) is 41.0 Å². The molecule has 0 spiro atoms. The van der Waals surface area contributed by atoms with Gasteiger partial charge in [0.2, 0.25) is 0 Å². The molecule has 0 radical (unpaired) electrons. The van der Waals surface area contributed by atoms with Crippen molar-refractivity contribution in [1.82, 2.24) is 0 Å². The molecule has 1 aromatic carbocycles. The number of hydrogen-bond acceptors (Lipinski definition) is 2. The SMILES string of the molecule is OC(CCc1ccco1)Cc1cc(Cl)ccc1Cl. The van der Waals surface area contributed by atoms with Crippen LogP contribution in [0.2, 0.25) is 10.0 Å². The molecule has 0 amide bonds. The summed E-state index contributed by atoms with van der Waals surface area (Å²) >= 11 is 12.0. The second-order valence-corrected chi connectivity index (χ2v) is 5.06. The molecule has 1 heterocycles. The Hall–Kier alpha value is -0.960. The lowest BCUT2D eigenvalue weighted by atomic mass is 10.0. The van der Waals surface area contributed by atoms with Crippen LogP contribution in [-0.2, 0) is 12.8 Å². The molecule has 0 aliphatic rings. The quantitative estimate of drug-likeness (QED) is 0.896. The number of aliphatic hydroxyl groups excluding tert-OH is 1. The zero-order valence-corrected chi connectivity index (χ0v) is 11.3. The predicted octanol–water partition coefficient (Wildman–Crippen LogP) is 4.12. The molecule has 0 aliphatic carbocycles. The van der Waals surface area contributed by atoms with Crippen LogP contribution < -0.4 is 0 Å². The van der Waals surface area contributed by atoms with E-state index >= 15 is 0 Å². The van der Waals surface area contributed by atoms with Crippen LogP contribution in [0.25, 0.3) is 0 Å². The van der Waals surface area contributed by atoms with Crippen molar-refractivity contribution in [2.24, 2.45) is 0 Å². The molecule has 0 saturated heterocycles. The van der Waals surface area contributed by atoms with Crippen LogP contribution in [0.4, 0.5) is 0 Å². The number of rotatable bonds is 5. The zero-order chi connectivity index (χ0) is 13.0. The summed E-state index contributed by atoms with van der Waals surface area (Å²) in [6, 6.07) is 9.02. The van der Waals surface area contributed by atoms with E-state index in [9.17, 15) is 5.11 Å². The minimum absolute atomic E-state index is 0.453. The van der Waals surface area contributed by atoms with E-state index in [0.29, 0.717) is 29.3 Å². The molecule has 0 fully saturated rings. The summed E-state index contributed by atoms with van der Waals surface area (Å²) in [4.78, 5) is 0. The van der Waals surface area contributed by atoms with Crippen molar-refractivity contribution in [3.8, 4) is 0 Å². The molecular formula is C14H14Cl2O2. The van der Waals surface area contributed by atoms with Crippen LogP contribution in [0.5, 0.6) is 0 Å². The van der Waals surface area contributed by atoms with E-state index < -0.39 is 6.10 Å². The molecule has 0 aliphatic heterocycles. The zero-order valence-electron chi connectivity index (χ0n) is 9.77. The molecule has 1 N–H and O–H groups in total. The summed E-state index contributed by atoms with van der Waals surface area (Å²) < 4.78 is 5.22. The Labute approximate surface area is 116 Å². The van der Waals surface area contributed by atoms with Crippen LogP contribution in [-0.4, -0.2) is 11.2 Å². The van der Waals surface area contributed by atoms with E-state index in [0.717, 1.165) is 11.3 Å². The maximum absolute atomic E-state index is 9.97.